The Morgan fingerprint density at radius 3 is 2.60 bits per heavy atom. The summed E-state index contributed by atoms with van der Waals surface area (Å²) in [7, 11) is 0. The van der Waals surface area contributed by atoms with Crippen LogP contribution in [0.25, 0.3) is 0 Å². The lowest BCUT2D eigenvalue weighted by molar-refractivity contribution is -0.287. The summed E-state index contributed by atoms with van der Waals surface area (Å²) in [6, 6.07) is 0. The molecular weight excluding hydrogens is 208 g/mol. The molecular formula is C8H14O7. The molecule has 1 fully saturated rings. The van der Waals surface area contributed by atoms with Crippen molar-refractivity contribution >= 4 is 5.97 Å². The molecule has 1 saturated heterocycles. The fourth-order valence-electron chi connectivity index (χ4n) is 1.24. The van der Waals surface area contributed by atoms with E-state index in [4.69, 9.17) is 16.3 Å². The Kier molecular flexibility index (Phi) is 3.49. The van der Waals surface area contributed by atoms with Gasteiger partial charge in [-0.25, -0.2) is 0 Å². The third-order valence-corrected chi connectivity index (χ3v) is 2.10. The van der Waals surface area contributed by atoms with Gasteiger partial charge in [0.25, 0.3) is 0 Å². The van der Waals surface area contributed by atoms with Crippen LogP contribution >= 0.6 is 0 Å². The predicted molar refractivity (Wildman–Crippen MR) is 45.5 cm³/mol. The molecule has 1 aliphatic rings. The van der Waals surface area contributed by atoms with Crippen molar-refractivity contribution in [1.29, 1.82) is 0 Å². The molecule has 0 bridgehead atoms. The van der Waals surface area contributed by atoms with Crippen LogP contribution in [0.2, 0.25) is 0 Å². The van der Waals surface area contributed by atoms with E-state index in [1.54, 1.807) is 0 Å². The molecule has 7 nitrogen and oxygen atoms in total. The van der Waals surface area contributed by atoms with Crippen LogP contribution < -0.4 is 0 Å². The summed E-state index contributed by atoms with van der Waals surface area (Å²) in [5.41, 5.74) is 0. The normalized spacial score (nSPS) is 42.1. The second-order valence-corrected chi connectivity index (χ2v) is 3.22. The van der Waals surface area contributed by atoms with Crippen molar-refractivity contribution in [2.45, 2.75) is 37.6 Å². The van der Waals surface area contributed by atoms with Crippen molar-refractivity contribution in [3.8, 4) is 0 Å². The van der Waals surface area contributed by atoms with E-state index in [2.05, 4.69) is 4.74 Å². The number of esters is 1. The third-order valence-electron chi connectivity index (χ3n) is 2.10. The van der Waals surface area contributed by atoms with Gasteiger partial charge in [-0.15, -0.1) is 0 Å². The first-order valence-electron chi connectivity index (χ1n) is 5.00. The molecule has 0 aromatic heterocycles. The fourth-order valence-corrected chi connectivity index (χ4v) is 1.24. The second-order valence-electron chi connectivity index (χ2n) is 3.22. The van der Waals surface area contributed by atoms with Gasteiger partial charge in [-0.1, -0.05) is 0 Å². The molecule has 5 atom stereocenters. The van der Waals surface area contributed by atoms with Gasteiger partial charge in [-0.3, -0.25) is 4.79 Å². The summed E-state index contributed by atoms with van der Waals surface area (Å²) in [5.74, 6) is -0.814. The molecule has 0 spiro atoms. The minimum absolute atomic E-state index is 0.403. The zero-order valence-electron chi connectivity index (χ0n) is 8.81. The van der Waals surface area contributed by atoms with Crippen molar-refractivity contribution in [3.05, 3.63) is 0 Å². The van der Waals surface area contributed by atoms with Crippen LogP contribution in [0.4, 0.5) is 0 Å². The molecule has 0 aliphatic carbocycles. The summed E-state index contributed by atoms with van der Waals surface area (Å²) in [4.78, 5) is 10.7. The zero-order chi connectivity index (χ0) is 12.3. The van der Waals surface area contributed by atoms with Crippen LogP contribution in [0.3, 0.4) is 0 Å². The van der Waals surface area contributed by atoms with E-state index in [0.29, 0.717) is 0 Å². The number of hydrogen-bond acceptors (Lipinski definition) is 7. The number of ether oxygens (including phenoxy) is 2. The van der Waals surface area contributed by atoms with Crippen LogP contribution in [0.1, 0.15) is 8.27 Å². The Morgan fingerprint density at radius 2 is 2.00 bits per heavy atom. The van der Waals surface area contributed by atoms with E-state index in [0.717, 1.165) is 0 Å². The van der Waals surface area contributed by atoms with Gasteiger partial charge in [0.2, 0.25) is 0 Å². The first kappa shape index (κ1) is 10.8. The van der Waals surface area contributed by atoms with Crippen molar-refractivity contribution in [2.75, 3.05) is 6.61 Å². The van der Waals surface area contributed by atoms with E-state index >= 15 is 0 Å². The molecule has 15 heavy (non-hydrogen) atoms. The van der Waals surface area contributed by atoms with Crippen LogP contribution in [-0.4, -0.2) is 63.7 Å². The minimum Gasteiger partial charge on any atom is -0.463 e. The molecule has 0 aromatic carbocycles. The number of hydrogen-bond donors (Lipinski definition) is 4. The number of aliphatic hydroxyl groups excluding tert-OH is 4. The van der Waals surface area contributed by atoms with Crippen LogP contribution in [-0.2, 0) is 14.3 Å². The Labute approximate surface area is 87.3 Å². The Hall–Kier alpha value is -0.730. The standard InChI is InChI=1S/C8H14O7/c1-3(9)14-2-4-5(10)6(11)7(12)8(13)15-4/h4-8,10-13H,2H2,1H3/t4-,5-,6+,7+,8?/m1/s1/i1D. The molecule has 1 unspecified atom stereocenters. The number of carbonyl (C=O) groups excluding carboxylic acids is 1. The van der Waals surface area contributed by atoms with E-state index in [9.17, 15) is 15.0 Å². The quantitative estimate of drug-likeness (QED) is 0.378. The summed E-state index contributed by atoms with van der Waals surface area (Å²) in [6.45, 7) is -0.976. The lowest BCUT2D eigenvalue weighted by Crippen LogP contribution is -2.58. The first-order valence-corrected chi connectivity index (χ1v) is 4.30. The van der Waals surface area contributed by atoms with E-state index in [1.165, 1.54) is 0 Å². The SMILES string of the molecule is [2H]CC(=O)OC[C@H]1OC(O)[C@@H](O)[C@@H](O)[C@@H]1O. The van der Waals surface area contributed by atoms with E-state index < -0.39 is 50.2 Å². The van der Waals surface area contributed by atoms with Gasteiger partial charge in [0, 0.05) is 8.27 Å². The van der Waals surface area contributed by atoms with Crippen molar-refractivity contribution < 1.29 is 36.1 Å². The van der Waals surface area contributed by atoms with E-state index in [1.807, 2.05) is 0 Å². The first-order chi connectivity index (χ1) is 7.47. The largest absolute Gasteiger partial charge is 0.463 e. The maximum Gasteiger partial charge on any atom is 0.302 e. The van der Waals surface area contributed by atoms with Gasteiger partial charge >= 0.3 is 5.97 Å². The topological polar surface area (TPSA) is 116 Å². The Morgan fingerprint density at radius 1 is 1.33 bits per heavy atom. The summed E-state index contributed by atoms with van der Waals surface area (Å²) in [5, 5.41) is 37.0. The van der Waals surface area contributed by atoms with Gasteiger partial charge in [0.1, 0.15) is 31.0 Å². The highest BCUT2D eigenvalue weighted by Crippen LogP contribution is 2.19. The third kappa shape index (κ3) is 2.86. The van der Waals surface area contributed by atoms with Gasteiger partial charge in [-0.2, -0.15) is 0 Å². The molecule has 0 saturated carbocycles. The maximum atomic E-state index is 10.7. The van der Waals surface area contributed by atoms with Gasteiger partial charge in [-0.05, 0) is 0 Å². The number of aliphatic hydroxyl groups is 4. The van der Waals surface area contributed by atoms with E-state index in [-0.39, 0.29) is 0 Å². The highest BCUT2D eigenvalue weighted by molar-refractivity contribution is 5.65. The van der Waals surface area contributed by atoms with Crippen LogP contribution in [0.5, 0.6) is 0 Å². The van der Waals surface area contributed by atoms with Gasteiger partial charge in [0.15, 0.2) is 6.29 Å². The molecule has 0 radical (unpaired) electrons. The predicted octanol–water partition coefficient (Wildman–Crippen LogP) is -2.65. The highest BCUT2D eigenvalue weighted by Gasteiger charge is 2.43. The summed E-state index contributed by atoms with van der Waals surface area (Å²) < 4.78 is 15.9. The van der Waals surface area contributed by atoms with Crippen LogP contribution in [0, 0.1) is 0 Å². The van der Waals surface area contributed by atoms with Gasteiger partial charge < -0.3 is 29.9 Å². The average molecular weight is 223 g/mol. The monoisotopic (exact) mass is 223 g/mol. The zero-order valence-corrected chi connectivity index (χ0v) is 7.81. The van der Waals surface area contributed by atoms with Gasteiger partial charge in [0.05, 0.1) is 0 Å². The smallest absolute Gasteiger partial charge is 0.302 e. The second kappa shape index (κ2) is 4.86. The van der Waals surface area contributed by atoms with Crippen molar-refractivity contribution in [3.63, 3.8) is 0 Å². The molecule has 4 N–H and O–H groups in total. The van der Waals surface area contributed by atoms with Crippen molar-refractivity contribution in [1.82, 2.24) is 0 Å². The molecule has 1 heterocycles. The lowest BCUT2D eigenvalue weighted by Gasteiger charge is -2.37. The summed E-state index contributed by atoms with van der Waals surface area (Å²) >= 11 is 0. The average Bonchev–Trinajstić information content (AvgIpc) is 2.28. The summed E-state index contributed by atoms with van der Waals surface area (Å²) in [6.07, 6.45) is -7.46. The number of carbonyl (C=O) groups is 1. The molecule has 88 valence electrons. The highest BCUT2D eigenvalue weighted by atomic mass is 16.6. The Bertz CT molecular complexity index is 249. The Balaban J connectivity index is 2.50. The molecule has 0 aromatic rings. The maximum absolute atomic E-state index is 10.7. The fraction of sp³-hybridized carbons (Fsp3) is 0.875. The number of rotatable bonds is 2. The molecule has 1 aliphatic heterocycles. The van der Waals surface area contributed by atoms with Crippen molar-refractivity contribution in [2.24, 2.45) is 0 Å². The lowest BCUT2D eigenvalue weighted by atomic mass is 9.99. The molecule has 0 amide bonds. The van der Waals surface area contributed by atoms with Crippen LogP contribution in [0.15, 0.2) is 0 Å². The molecule has 7 heteroatoms. The minimum atomic E-state index is -1.65. The molecule has 1 rings (SSSR count).